The van der Waals surface area contributed by atoms with Gasteiger partial charge >= 0.3 is 0 Å². The predicted octanol–water partition coefficient (Wildman–Crippen LogP) is 5.41. The first kappa shape index (κ1) is 22.2. The van der Waals surface area contributed by atoms with Crippen LogP contribution >= 0.6 is 24.8 Å². The molecule has 4 rings (SSSR count). The molecule has 0 saturated carbocycles. The molecule has 1 spiro atoms. The minimum absolute atomic E-state index is 0. The molecule has 2 aromatic rings. The van der Waals surface area contributed by atoms with Gasteiger partial charge in [0.2, 0.25) is 0 Å². The van der Waals surface area contributed by atoms with Gasteiger partial charge in [-0.2, -0.15) is 0 Å². The second kappa shape index (κ2) is 10.5. The van der Waals surface area contributed by atoms with Crippen LogP contribution in [-0.4, -0.2) is 36.0 Å². The fraction of sp³-hybridized carbons (Fsp3) is 0.478. The monoisotopic (exact) mass is 406 g/mol. The fourth-order valence-electron chi connectivity index (χ4n) is 4.91. The number of hydrogen-bond donors (Lipinski definition) is 0. The van der Waals surface area contributed by atoms with Crippen LogP contribution in [0.5, 0.6) is 0 Å². The lowest BCUT2D eigenvalue weighted by Gasteiger charge is -2.48. The molecule has 2 aromatic carbocycles. The normalized spacial score (nSPS) is 19.9. The van der Waals surface area contributed by atoms with Crippen molar-refractivity contribution in [3.8, 4) is 0 Å². The molecule has 2 saturated heterocycles. The summed E-state index contributed by atoms with van der Waals surface area (Å²) in [6.07, 6.45) is 5.52. The van der Waals surface area contributed by atoms with E-state index in [-0.39, 0.29) is 24.8 Å². The van der Waals surface area contributed by atoms with Crippen molar-refractivity contribution in [1.29, 1.82) is 0 Å². The van der Waals surface area contributed by atoms with Gasteiger partial charge in [-0.1, -0.05) is 60.7 Å². The molecule has 2 nitrogen and oxygen atoms in total. The molecule has 2 heterocycles. The zero-order chi connectivity index (χ0) is 17.0. The Morgan fingerprint density at radius 1 is 0.630 bits per heavy atom. The van der Waals surface area contributed by atoms with Crippen LogP contribution in [0.25, 0.3) is 0 Å². The van der Waals surface area contributed by atoms with Gasteiger partial charge in [0.1, 0.15) is 0 Å². The smallest absolute Gasteiger partial charge is 0.0233 e. The molecule has 0 amide bonds. The van der Waals surface area contributed by atoms with Crippen LogP contribution in [-0.2, 0) is 13.1 Å². The molecule has 148 valence electrons. The first-order valence-corrected chi connectivity index (χ1v) is 9.84. The molecule has 2 aliphatic heterocycles. The van der Waals surface area contributed by atoms with Gasteiger partial charge < -0.3 is 0 Å². The molecule has 2 fully saturated rings. The summed E-state index contributed by atoms with van der Waals surface area (Å²) in [5.74, 6) is 0. The lowest BCUT2D eigenvalue weighted by molar-refractivity contribution is 0.00775. The molecule has 0 unspecified atom stereocenters. The first-order chi connectivity index (χ1) is 12.3. The van der Waals surface area contributed by atoms with Crippen molar-refractivity contribution < 1.29 is 0 Å². The quantitative estimate of drug-likeness (QED) is 0.669. The second-order valence-electron chi connectivity index (χ2n) is 8.10. The van der Waals surface area contributed by atoms with Gasteiger partial charge in [-0.15, -0.1) is 24.8 Å². The van der Waals surface area contributed by atoms with Crippen LogP contribution in [0.1, 0.15) is 36.8 Å². The third kappa shape index (κ3) is 5.96. The molecule has 27 heavy (non-hydrogen) atoms. The van der Waals surface area contributed by atoms with Crippen LogP contribution in [0, 0.1) is 5.41 Å². The Morgan fingerprint density at radius 2 is 1.04 bits per heavy atom. The third-order valence-electron chi connectivity index (χ3n) is 5.98. The highest BCUT2D eigenvalue weighted by atomic mass is 35.5. The molecule has 0 aromatic heterocycles. The maximum absolute atomic E-state index is 2.70. The van der Waals surface area contributed by atoms with E-state index in [0.717, 1.165) is 13.1 Å². The molecule has 0 bridgehead atoms. The Morgan fingerprint density at radius 3 is 1.44 bits per heavy atom. The summed E-state index contributed by atoms with van der Waals surface area (Å²) in [5, 5.41) is 0. The average Bonchev–Trinajstić information content (AvgIpc) is 2.64. The summed E-state index contributed by atoms with van der Waals surface area (Å²) in [7, 11) is 0. The van der Waals surface area contributed by atoms with Gasteiger partial charge in [-0.25, -0.2) is 0 Å². The number of nitrogens with zero attached hydrogens (tertiary/aromatic N) is 2. The summed E-state index contributed by atoms with van der Waals surface area (Å²) in [4.78, 5) is 5.40. The summed E-state index contributed by atoms with van der Waals surface area (Å²) in [6, 6.07) is 22.0. The minimum Gasteiger partial charge on any atom is -0.298 e. The van der Waals surface area contributed by atoms with Gasteiger partial charge in [0.15, 0.2) is 0 Å². The average molecular weight is 407 g/mol. The maximum atomic E-state index is 2.70. The van der Waals surface area contributed by atoms with Crippen LogP contribution in [0.3, 0.4) is 0 Å². The van der Waals surface area contributed by atoms with E-state index in [1.54, 1.807) is 0 Å². The van der Waals surface area contributed by atoms with Crippen molar-refractivity contribution in [3.63, 3.8) is 0 Å². The van der Waals surface area contributed by atoms with E-state index in [0.29, 0.717) is 5.41 Å². The highest BCUT2D eigenvalue weighted by Gasteiger charge is 2.38. The zero-order valence-electron chi connectivity index (χ0n) is 16.1. The highest BCUT2D eigenvalue weighted by Crippen LogP contribution is 2.39. The number of halogens is 2. The molecule has 4 heteroatoms. The van der Waals surface area contributed by atoms with Gasteiger partial charge in [-0.05, 0) is 55.3 Å². The van der Waals surface area contributed by atoms with Gasteiger partial charge in [0.25, 0.3) is 0 Å². The van der Waals surface area contributed by atoms with E-state index >= 15 is 0 Å². The molecule has 0 radical (unpaired) electrons. The Kier molecular flexibility index (Phi) is 8.62. The number of hydrogen-bond acceptors (Lipinski definition) is 2. The largest absolute Gasteiger partial charge is 0.298 e. The zero-order valence-corrected chi connectivity index (χ0v) is 17.7. The molecule has 0 aliphatic carbocycles. The van der Waals surface area contributed by atoms with Crippen molar-refractivity contribution in [2.75, 3.05) is 26.2 Å². The Bertz CT molecular complexity index is 603. The van der Waals surface area contributed by atoms with Gasteiger partial charge in [0.05, 0.1) is 0 Å². The number of benzene rings is 2. The summed E-state index contributed by atoms with van der Waals surface area (Å²) in [5.41, 5.74) is 3.42. The summed E-state index contributed by atoms with van der Waals surface area (Å²) < 4.78 is 0. The minimum atomic E-state index is 0. The van der Waals surface area contributed by atoms with E-state index < -0.39 is 0 Å². The van der Waals surface area contributed by atoms with Crippen molar-refractivity contribution in [2.24, 2.45) is 5.41 Å². The third-order valence-corrected chi connectivity index (χ3v) is 5.98. The standard InChI is InChI=1S/C23H30N2.2ClH/c1-3-9-21(10-4-1)17-24-15-7-13-23(19-24)14-8-16-25(20-23)18-22-11-5-2-6-12-22;;/h1-6,9-12H,7-8,13-20H2;2*1H. The van der Waals surface area contributed by atoms with E-state index in [1.165, 1.54) is 63.0 Å². The lowest BCUT2D eigenvalue weighted by Crippen LogP contribution is -2.51. The number of piperidine rings is 2. The van der Waals surface area contributed by atoms with Crippen molar-refractivity contribution in [1.82, 2.24) is 9.80 Å². The lowest BCUT2D eigenvalue weighted by atomic mass is 9.73. The van der Waals surface area contributed by atoms with Crippen LogP contribution in [0.2, 0.25) is 0 Å². The molecule has 2 aliphatic rings. The topological polar surface area (TPSA) is 6.48 Å². The van der Waals surface area contributed by atoms with Crippen molar-refractivity contribution in [3.05, 3.63) is 71.8 Å². The highest BCUT2D eigenvalue weighted by molar-refractivity contribution is 5.85. The predicted molar refractivity (Wildman–Crippen MR) is 119 cm³/mol. The van der Waals surface area contributed by atoms with Crippen molar-refractivity contribution in [2.45, 2.75) is 38.8 Å². The van der Waals surface area contributed by atoms with E-state index in [4.69, 9.17) is 0 Å². The Hall–Kier alpha value is -1.06. The van der Waals surface area contributed by atoms with E-state index in [9.17, 15) is 0 Å². The summed E-state index contributed by atoms with van der Waals surface area (Å²) >= 11 is 0. The SMILES string of the molecule is Cl.Cl.c1ccc(CN2CCCC3(CCCN(Cc4ccccc4)C3)C2)cc1. The molecule has 0 atom stereocenters. The molecular weight excluding hydrogens is 375 g/mol. The van der Waals surface area contributed by atoms with E-state index in [2.05, 4.69) is 70.5 Å². The number of rotatable bonds is 4. The fourth-order valence-corrected chi connectivity index (χ4v) is 4.91. The van der Waals surface area contributed by atoms with Crippen LogP contribution < -0.4 is 0 Å². The first-order valence-electron chi connectivity index (χ1n) is 9.84. The number of likely N-dealkylation sites (tertiary alicyclic amines) is 2. The van der Waals surface area contributed by atoms with Crippen molar-refractivity contribution >= 4 is 24.8 Å². The molecular formula is C23H32Cl2N2. The summed E-state index contributed by atoms with van der Waals surface area (Å²) in [6.45, 7) is 7.29. The van der Waals surface area contributed by atoms with Gasteiger partial charge in [-0.3, -0.25) is 9.80 Å². The van der Waals surface area contributed by atoms with Crippen LogP contribution in [0.15, 0.2) is 60.7 Å². The Labute approximate surface area is 176 Å². The Balaban J connectivity index is 0.00000131. The second-order valence-corrected chi connectivity index (χ2v) is 8.10. The maximum Gasteiger partial charge on any atom is 0.0233 e. The molecule has 0 N–H and O–H groups in total. The van der Waals surface area contributed by atoms with E-state index in [1.807, 2.05) is 0 Å². The van der Waals surface area contributed by atoms with Crippen LogP contribution in [0.4, 0.5) is 0 Å². The van der Waals surface area contributed by atoms with Gasteiger partial charge in [0, 0.05) is 26.2 Å².